The lowest BCUT2D eigenvalue weighted by molar-refractivity contribution is -0.116. The van der Waals surface area contributed by atoms with E-state index in [-0.39, 0.29) is 5.91 Å². The van der Waals surface area contributed by atoms with Gasteiger partial charge in [0.1, 0.15) is 12.4 Å². The zero-order valence-corrected chi connectivity index (χ0v) is 11.5. The van der Waals surface area contributed by atoms with Gasteiger partial charge in [0.05, 0.1) is 26.4 Å². The van der Waals surface area contributed by atoms with E-state index in [1.807, 2.05) is 30.3 Å². The van der Waals surface area contributed by atoms with E-state index < -0.39 is 0 Å². The van der Waals surface area contributed by atoms with Gasteiger partial charge >= 0.3 is 0 Å². The minimum Gasteiger partial charge on any atom is -0.491 e. The quantitative estimate of drug-likeness (QED) is 0.491. The van der Waals surface area contributed by atoms with E-state index in [9.17, 15) is 4.79 Å². The molecule has 20 heavy (non-hydrogen) atoms. The van der Waals surface area contributed by atoms with E-state index in [4.69, 9.17) is 14.2 Å². The summed E-state index contributed by atoms with van der Waals surface area (Å²) in [6.07, 6.45) is 1.23. The van der Waals surface area contributed by atoms with Gasteiger partial charge in [0.15, 0.2) is 0 Å². The van der Waals surface area contributed by atoms with Crippen LogP contribution in [0.4, 0.5) is 0 Å². The molecule has 0 heterocycles. The zero-order chi connectivity index (χ0) is 14.5. The van der Waals surface area contributed by atoms with Crippen LogP contribution in [0.1, 0.15) is 0 Å². The van der Waals surface area contributed by atoms with Gasteiger partial charge in [-0.3, -0.25) is 4.79 Å². The largest absolute Gasteiger partial charge is 0.491 e. The van der Waals surface area contributed by atoms with Crippen LogP contribution in [0.25, 0.3) is 0 Å². The molecule has 0 aliphatic heterocycles. The van der Waals surface area contributed by atoms with Gasteiger partial charge in [-0.2, -0.15) is 0 Å². The maximum Gasteiger partial charge on any atom is 0.243 e. The number of nitrogens with one attached hydrogen (secondary N) is 1. The number of hydrogen-bond donors (Lipinski definition) is 1. The topological polar surface area (TPSA) is 56.8 Å². The van der Waals surface area contributed by atoms with Crippen molar-refractivity contribution in [1.29, 1.82) is 0 Å². The summed E-state index contributed by atoms with van der Waals surface area (Å²) in [5.74, 6) is 0.647. The first kappa shape index (κ1) is 16.2. The Bertz CT molecular complexity index is 381. The second kappa shape index (κ2) is 11.0. The van der Waals surface area contributed by atoms with Gasteiger partial charge in [-0.05, 0) is 18.2 Å². The highest BCUT2D eigenvalue weighted by Gasteiger charge is 1.94. The zero-order valence-electron chi connectivity index (χ0n) is 11.5. The number of ether oxygens (including phenoxy) is 3. The molecule has 0 atom stereocenters. The summed E-state index contributed by atoms with van der Waals surface area (Å²) in [6.45, 7) is 6.33. The lowest BCUT2D eigenvalue weighted by Crippen LogP contribution is -2.25. The van der Waals surface area contributed by atoms with Crippen LogP contribution in [0.3, 0.4) is 0 Å². The van der Waals surface area contributed by atoms with E-state index in [2.05, 4.69) is 11.9 Å². The number of amides is 1. The predicted molar refractivity (Wildman–Crippen MR) is 76.8 cm³/mol. The molecule has 0 aromatic heterocycles. The van der Waals surface area contributed by atoms with Gasteiger partial charge in [0.25, 0.3) is 0 Å². The van der Waals surface area contributed by atoms with Crippen molar-refractivity contribution in [2.75, 3.05) is 39.6 Å². The van der Waals surface area contributed by atoms with Crippen LogP contribution in [0.2, 0.25) is 0 Å². The Morgan fingerprint density at radius 3 is 2.40 bits per heavy atom. The highest BCUT2D eigenvalue weighted by Crippen LogP contribution is 2.07. The number of carbonyl (C=O) groups excluding carboxylic acids is 1. The van der Waals surface area contributed by atoms with Crippen molar-refractivity contribution < 1.29 is 19.0 Å². The molecule has 0 saturated heterocycles. The fourth-order valence-corrected chi connectivity index (χ4v) is 1.38. The normalized spacial score (nSPS) is 10.0. The van der Waals surface area contributed by atoms with Gasteiger partial charge in [0, 0.05) is 6.54 Å². The molecule has 1 aromatic carbocycles. The molecule has 0 aliphatic rings. The summed E-state index contributed by atoms with van der Waals surface area (Å²) in [5, 5.41) is 2.62. The minimum absolute atomic E-state index is 0.192. The number of hydrogen-bond acceptors (Lipinski definition) is 4. The molecule has 0 bridgehead atoms. The lowest BCUT2D eigenvalue weighted by atomic mass is 10.3. The van der Waals surface area contributed by atoms with Crippen LogP contribution in [-0.4, -0.2) is 45.5 Å². The average molecular weight is 279 g/mol. The first-order chi connectivity index (χ1) is 9.83. The van der Waals surface area contributed by atoms with Crippen molar-refractivity contribution in [2.45, 2.75) is 0 Å². The van der Waals surface area contributed by atoms with E-state index in [1.54, 1.807) is 0 Å². The SMILES string of the molecule is C=CC(=O)NCCOCCOCCOc1ccccc1. The first-order valence-electron chi connectivity index (χ1n) is 6.56. The van der Waals surface area contributed by atoms with Crippen molar-refractivity contribution in [3.8, 4) is 5.75 Å². The Balaban J connectivity index is 1.83. The number of benzene rings is 1. The third kappa shape index (κ3) is 8.29. The molecule has 5 heteroatoms. The third-order valence-electron chi connectivity index (χ3n) is 2.34. The van der Waals surface area contributed by atoms with Gasteiger partial charge < -0.3 is 19.5 Å². The standard InChI is InChI=1S/C15H21NO4/c1-2-15(17)16-8-9-18-10-11-19-12-13-20-14-6-4-3-5-7-14/h2-7H,1,8-13H2,(H,16,17). The van der Waals surface area contributed by atoms with Crippen LogP contribution in [0.15, 0.2) is 43.0 Å². The molecule has 0 unspecified atom stereocenters. The summed E-state index contributed by atoms with van der Waals surface area (Å²) in [7, 11) is 0. The van der Waals surface area contributed by atoms with Crippen molar-refractivity contribution >= 4 is 5.91 Å². The predicted octanol–water partition coefficient (Wildman–Crippen LogP) is 1.40. The van der Waals surface area contributed by atoms with Crippen molar-refractivity contribution in [1.82, 2.24) is 5.32 Å². The van der Waals surface area contributed by atoms with Crippen molar-refractivity contribution in [3.63, 3.8) is 0 Å². The molecule has 0 radical (unpaired) electrons. The van der Waals surface area contributed by atoms with E-state index in [0.717, 1.165) is 5.75 Å². The molecule has 0 saturated carbocycles. The Morgan fingerprint density at radius 1 is 1.05 bits per heavy atom. The second-order valence-corrected chi connectivity index (χ2v) is 3.88. The Labute approximate surface area is 119 Å². The average Bonchev–Trinajstić information content (AvgIpc) is 2.50. The lowest BCUT2D eigenvalue weighted by Gasteiger charge is -2.07. The third-order valence-corrected chi connectivity index (χ3v) is 2.34. The molecule has 0 spiro atoms. The molecule has 1 amide bonds. The van der Waals surface area contributed by atoms with E-state index in [1.165, 1.54) is 6.08 Å². The Kier molecular flexibility index (Phi) is 8.93. The van der Waals surface area contributed by atoms with Gasteiger partial charge in [-0.25, -0.2) is 0 Å². The number of para-hydroxylation sites is 1. The van der Waals surface area contributed by atoms with Crippen LogP contribution >= 0.6 is 0 Å². The highest BCUT2D eigenvalue weighted by molar-refractivity contribution is 5.86. The van der Waals surface area contributed by atoms with Gasteiger partial charge in [0.2, 0.25) is 5.91 Å². The molecule has 1 N–H and O–H groups in total. The summed E-state index contributed by atoms with van der Waals surface area (Å²) < 4.78 is 16.1. The second-order valence-electron chi connectivity index (χ2n) is 3.88. The first-order valence-corrected chi connectivity index (χ1v) is 6.56. The van der Waals surface area contributed by atoms with E-state index in [0.29, 0.717) is 39.6 Å². The molecular weight excluding hydrogens is 258 g/mol. The summed E-state index contributed by atoms with van der Waals surface area (Å²) in [5.41, 5.74) is 0. The van der Waals surface area contributed by atoms with E-state index >= 15 is 0 Å². The Morgan fingerprint density at radius 2 is 1.70 bits per heavy atom. The molecule has 1 aromatic rings. The van der Waals surface area contributed by atoms with Gasteiger partial charge in [-0.15, -0.1) is 0 Å². The monoisotopic (exact) mass is 279 g/mol. The number of rotatable bonds is 11. The fourth-order valence-electron chi connectivity index (χ4n) is 1.38. The summed E-state index contributed by atoms with van der Waals surface area (Å²) >= 11 is 0. The summed E-state index contributed by atoms with van der Waals surface area (Å²) in [4.78, 5) is 10.8. The smallest absolute Gasteiger partial charge is 0.243 e. The fraction of sp³-hybridized carbons (Fsp3) is 0.400. The number of carbonyl (C=O) groups is 1. The molecule has 0 fully saturated rings. The highest BCUT2D eigenvalue weighted by atomic mass is 16.5. The maximum atomic E-state index is 10.8. The van der Waals surface area contributed by atoms with Crippen LogP contribution < -0.4 is 10.1 Å². The summed E-state index contributed by atoms with van der Waals surface area (Å²) in [6, 6.07) is 9.60. The molecule has 110 valence electrons. The van der Waals surface area contributed by atoms with Crippen molar-refractivity contribution in [3.05, 3.63) is 43.0 Å². The molecular formula is C15H21NO4. The molecule has 0 aliphatic carbocycles. The minimum atomic E-state index is -0.192. The van der Waals surface area contributed by atoms with Crippen LogP contribution in [0, 0.1) is 0 Å². The van der Waals surface area contributed by atoms with Crippen LogP contribution in [-0.2, 0) is 14.3 Å². The Hall–Kier alpha value is -1.85. The van der Waals surface area contributed by atoms with Crippen LogP contribution in [0.5, 0.6) is 5.75 Å². The van der Waals surface area contributed by atoms with Crippen molar-refractivity contribution in [2.24, 2.45) is 0 Å². The molecule has 1 rings (SSSR count). The molecule has 5 nitrogen and oxygen atoms in total. The maximum absolute atomic E-state index is 10.8. The van der Waals surface area contributed by atoms with Gasteiger partial charge in [-0.1, -0.05) is 24.8 Å².